The predicted molar refractivity (Wildman–Crippen MR) is 110 cm³/mol. The summed E-state index contributed by atoms with van der Waals surface area (Å²) in [6.45, 7) is 1.88. The maximum Gasteiger partial charge on any atom is 0.0775 e. The van der Waals surface area contributed by atoms with Crippen molar-refractivity contribution in [3.05, 3.63) is 82.0 Å². The zero-order valence-corrected chi connectivity index (χ0v) is 15.7. The second-order valence-electron chi connectivity index (χ2n) is 6.77. The van der Waals surface area contributed by atoms with E-state index < -0.39 is 5.54 Å². The summed E-state index contributed by atoms with van der Waals surface area (Å²) in [5.41, 5.74) is 8.89. The molecule has 0 aliphatic rings. The minimum Gasteiger partial charge on any atom is -0.394 e. The Hall–Kier alpha value is -2.38. The number of hydrogen-bond donors (Lipinski definition) is 2. The average Bonchev–Trinajstić information content (AvgIpc) is 3.14. The first-order valence-electron chi connectivity index (χ1n) is 8.72. The van der Waals surface area contributed by atoms with Crippen LogP contribution in [0, 0.1) is 11.8 Å². The number of rotatable bonds is 5. The topological polar surface area (TPSA) is 46.2 Å². The molecular formula is C23H23NOS. The molecule has 26 heavy (non-hydrogen) atoms. The number of benzene rings is 2. The van der Waals surface area contributed by atoms with Crippen LogP contribution >= 0.6 is 11.3 Å². The van der Waals surface area contributed by atoms with Gasteiger partial charge >= 0.3 is 0 Å². The zero-order chi connectivity index (χ0) is 18.4. The third-order valence-electron chi connectivity index (χ3n) is 4.29. The minimum atomic E-state index is -0.518. The monoisotopic (exact) mass is 361 g/mol. The van der Waals surface area contributed by atoms with Crippen molar-refractivity contribution >= 4 is 11.3 Å². The van der Waals surface area contributed by atoms with E-state index in [4.69, 9.17) is 5.73 Å². The Balaban J connectivity index is 1.65. The van der Waals surface area contributed by atoms with E-state index in [9.17, 15) is 5.11 Å². The van der Waals surface area contributed by atoms with Crippen LogP contribution in [0.2, 0.25) is 0 Å². The van der Waals surface area contributed by atoms with Gasteiger partial charge < -0.3 is 10.8 Å². The molecule has 0 saturated carbocycles. The molecule has 1 unspecified atom stereocenters. The van der Waals surface area contributed by atoms with E-state index in [1.54, 1.807) is 11.3 Å². The van der Waals surface area contributed by atoms with Gasteiger partial charge in [-0.2, -0.15) is 0 Å². The van der Waals surface area contributed by atoms with E-state index in [0.29, 0.717) is 0 Å². The lowest BCUT2D eigenvalue weighted by molar-refractivity contribution is 0.201. The van der Waals surface area contributed by atoms with Gasteiger partial charge in [0.05, 0.1) is 11.5 Å². The van der Waals surface area contributed by atoms with E-state index in [1.165, 1.54) is 16.0 Å². The van der Waals surface area contributed by atoms with Gasteiger partial charge in [-0.05, 0) is 55.2 Å². The lowest BCUT2D eigenvalue weighted by Crippen LogP contribution is -2.40. The van der Waals surface area contributed by atoms with Crippen LogP contribution in [0.4, 0.5) is 0 Å². The SMILES string of the molecule is CC(N)(CO)CCc1ccc(C#Cc2ccc(-c3ccccc3)cc2)s1. The van der Waals surface area contributed by atoms with E-state index in [2.05, 4.69) is 60.4 Å². The number of aryl methyl sites for hydroxylation is 1. The summed E-state index contributed by atoms with van der Waals surface area (Å²) in [6, 6.07) is 22.8. The molecule has 0 radical (unpaired) electrons. The molecule has 1 heterocycles. The highest BCUT2D eigenvalue weighted by Gasteiger charge is 2.16. The first kappa shape index (κ1) is 18.4. The van der Waals surface area contributed by atoms with Crippen molar-refractivity contribution in [1.29, 1.82) is 0 Å². The fourth-order valence-electron chi connectivity index (χ4n) is 2.58. The summed E-state index contributed by atoms with van der Waals surface area (Å²) in [4.78, 5) is 2.30. The third-order valence-corrected chi connectivity index (χ3v) is 5.35. The molecule has 0 aliphatic carbocycles. The fraction of sp³-hybridized carbons (Fsp3) is 0.217. The van der Waals surface area contributed by atoms with Crippen LogP contribution in [0.1, 0.15) is 28.7 Å². The summed E-state index contributed by atoms with van der Waals surface area (Å²) >= 11 is 1.69. The molecule has 0 bridgehead atoms. The van der Waals surface area contributed by atoms with Gasteiger partial charge in [-0.1, -0.05) is 54.3 Å². The predicted octanol–water partition coefficient (Wildman–Crippen LogP) is 4.46. The summed E-state index contributed by atoms with van der Waals surface area (Å²) in [7, 11) is 0. The molecule has 1 atom stereocenters. The van der Waals surface area contributed by atoms with Crippen LogP contribution in [0.25, 0.3) is 11.1 Å². The molecule has 2 aromatic carbocycles. The van der Waals surface area contributed by atoms with Crippen molar-refractivity contribution in [3.8, 4) is 23.0 Å². The van der Waals surface area contributed by atoms with E-state index in [1.807, 2.05) is 25.1 Å². The molecule has 132 valence electrons. The van der Waals surface area contributed by atoms with Gasteiger partial charge in [-0.3, -0.25) is 0 Å². The highest BCUT2D eigenvalue weighted by atomic mass is 32.1. The van der Waals surface area contributed by atoms with Gasteiger partial charge in [0.1, 0.15) is 0 Å². The Kier molecular flexibility index (Phi) is 5.90. The average molecular weight is 362 g/mol. The zero-order valence-electron chi connectivity index (χ0n) is 14.9. The molecule has 3 rings (SSSR count). The Morgan fingerprint density at radius 2 is 1.62 bits per heavy atom. The van der Waals surface area contributed by atoms with E-state index in [0.717, 1.165) is 23.3 Å². The Bertz CT molecular complexity index is 899. The molecule has 0 spiro atoms. The standard InChI is InChI=1S/C23H23NOS/c1-23(24,17-25)16-15-22-14-13-21(26-22)12-9-18-7-10-20(11-8-18)19-5-3-2-4-6-19/h2-8,10-11,13-14,25H,15-17,24H2,1H3. The summed E-state index contributed by atoms with van der Waals surface area (Å²) in [5.74, 6) is 6.47. The van der Waals surface area contributed by atoms with Crippen LogP contribution < -0.4 is 5.73 Å². The summed E-state index contributed by atoms with van der Waals surface area (Å²) in [6.07, 6.45) is 1.63. The molecular weight excluding hydrogens is 338 g/mol. The molecule has 1 aromatic heterocycles. The number of nitrogens with two attached hydrogens (primary N) is 1. The highest BCUT2D eigenvalue weighted by molar-refractivity contribution is 7.12. The smallest absolute Gasteiger partial charge is 0.0775 e. The Labute approximate surface area is 159 Å². The largest absolute Gasteiger partial charge is 0.394 e. The van der Waals surface area contributed by atoms with Crippen LogP contribution in [0.5, 0.6) is 0 Å². The molecule has 0 amide bonds. The van der Waals surface area contributed by atoms with Crippen molar-refractivity contribution in [3.63, 3.8) is 0 Å². The van der Waals surface area contributed by atoms with Gasteiger partial charge in [0.2, 0.25) is 0 Å². The van der Waals surface area contributed by atoms with E-state index >= 15 is 0 Å². The van der Waals surface area contributed by atoms with Gasteiger partial charge in [-0.15, -0.1) is 11.3 Å². The molecule has 0 fully saturated rings. The molecule has 3 N–H and O–H groups in total. The van der Waals surface area contributed by atoms with Gasteiger partial charge in [0.25, 0.3) is 0 Å². The molecule has 3 aromatic rings. The highest BCUT2D eigenvalue weighted by Crippen LogP contribution is 2.21. The number of aliphatic hydroxyl groups is 1. The Morgan fingerprint density at radius 3 is 2.31 bits per heavy atom. The lowest BCUT2D eigenvalue weighted by atomic mass is 9.98. The number of aliphatic hydroxyl groups excluding tert-OH is 1. The molecule has 0 aliphatic heterocycles. The molecule has 0 saturated heterocycles. The van der Waals surface area contributed by atoms with Gasteiger partial charge in [-0.25, -0.2) is 0 Å². The summed E-state index contributed by atoms with van der Waals surface area (Å²) in [5, 5.41) is 9.24. The van der Waals surface area contributed by atoms with Crippen molar-refractivity contribution in [2.45, 2.75) is 25.3 Å². The normalized spacial score (nSPS) is 12.9. The maximum absolute atomic E-state index is 9.24. The van der Waals surface area contributed by atoms with Crippen molar-refractivity contribution in [1.82, 2.24) is 0 Å². The lowest BCUT2D eigenvalue weighted by Gasteiger charge is -2.20. The quantitative estimate of drug-likeness (QED) is 0.659. The van der Waals surface area contributed by atoms with Crippen LogP contribution in [0.3, 0.4) is 0 Å². The first-order valence-corrected chi connectivity index (χ1v) is 9.53. The minimum absolute atomic E-state index is 0.00398. The third kappa shape index (κ3) is 5.06. The van der Waals surface area contributed by atoms with Crippen molar-refractivity contribution < 1.29 is 5.11 Å². The second kappa shape index (κ2) is 8.33. The van der Waals surface area contributed by atoms with Crippen molar-refractivity contribution in [2.75, 3.05) is 6.61 Å². The Morgan fingerprint density at radius 1 is 0.923 bits per heavy atom. The first-order chi connectivity index (χ1) is 12.6. The molecule has 3 heteroatoms. The number of hydrogen-bond acceptors (Lipinski definition) is 3. The molecule has 2 nitrogen and oxygen atoms in total. The van der Waals surface area contributed by atoms with Gasteiger partial charge in [0.15, 0.2) is 0 Å². The van der Waals surface area contributed by atoms with Crippen LogP contribution in [0.15, 0.2) is 66.7 Å². The van der Waals surface area contributed by atoms with Crippen LogP contribution in [-0.2, 0) is 6.42 Å². The van der Waals surface area contributed by atoms with Gasteiger partial charge in [0, 0.05) is 16.0 Å². The second-order valence-corrected chi connectivity index (χ2v) is 7.94. The van der Waals surface area contributed by atoms with Crippen LogP contribution in [-0.4, -0.2) is 17.3 Å². The number of thiophene rings is 1. The maximum atomic E-state index is 9.24. The summed E-state index contributed by atoms with van der Waals surface area (Å²) < 4.78 is 0. The van der Waals surface area contributed by atoms with Crippen molar-refractivity contribution in [2.24, 2.45) is 5.73 Å². The fourth-order valence-corrected chi connectivity index (χ4v) is 3.44. The van der Waals surface area contributed by atoms with E-state index in [-0.39, 0.29) is 6.61 Å².